The molecule has 0 bridgehead atoms. The van der Waals surface area contributed by atoms with Crippen LogP contribution in [0.25, 0.3) is 0 Å². The van der Waals surface area contributed by atoms with Crippen molar-refractivity contribution in [2.75, 3.05) is 19.0 Å². The van der Waals surface area contributed by atoms with Crippen LogP contribution in [-0.4, -0.2) is 36.7 Å². The molecular formula is C14H20N2O4. The summed E-state index contributed by atoms with van der Waals surface area (Å²) in [7, 11) is 1.34. The number of pyridine rings is 1. The van der Waals surface area contributed by atoms with Crippen molar-refractivity contribution in [1.29, 1.82) is 0 Å². The molecule has 6 nitrogen and oxygen atoms in total. The van der Waals surface area contributed by atoms with Crippen LogP contribution in [0.4, 0.5) is 5.82 Å². The lowest BCUT2D eigenvalue weighted by atomic mass is 10.0. The van der Waals surface area contributed by atoms with Gasteiger partial charge in [-0.15, -0.1) is 0 Å². The summed E-state index contributed by atoms with van der Waals surface area (Å²) in [6.45, 7) is 5.87. The Balaban J connectivity index is 2.77. The number of ether oxygens (including phenoxy) is 2. The SMILES string of the molecule is CCOC(=O)c1ccc(NC(C(=O)OC)C(C)C)nc1. The first kappa shape index (κ1) is 15.9. The van der Waals surface area contributed by atoms with Crippen molar-refractivity contribution in [3.8, 4) is 0 Å². The van der Waals surface area contributed by atoms with E-state index in [1.165, 1.54) is 13.3 Å². The Kier molecular flexibility index (Phi) is 5.96. The molecule has 0 aromatic carbocycles. The van der Waals surface area contributed by atoms with Crippen LogP contribution in [-0.2, 0) is 14.3 Å². The minimum Gasteiger partial charge on any atom is -0.467 e. The van der Waals surface area contributed by atoms with Crippen LogP contribution in [0.2, 0.25) is 0 Å². The van der Waals surface area contributed by atoms with Crippen molar-refractivity contribution in [3.05, 3.63) is 23.9 Å². The van der Waals surface area contributed by atoms with Gasteiger partial charge in [-0.2, -0.15) is 0 Å². The summed E-state index contributed by atoms with van der Waals surface area (Å²) in [4.78, 5) is 27.2. The number of esters is 2. The van der Waals surface area contributed by atoms with E-state index >= 15 is 0 Å². The Bertz CT molecular complexity index is 457. The standard InChI is InChI=1S/C14H20N2O4/c1-5-20-13(17)10-6-7-11(15-8-10)16-12(9(2)3)14(18)19-4/h6-9,12H,5H2,1-4H3,(H,15,16). The largest absolute Gasteiger partial charge is 0.467 e. The molecule has 0 aliphatic rings. The van der Waals surface area contributed by atoms with Crippen LogP contribution in [0.5, 0.6) is 0 Å². The number of carbonyl (C=O) groups excluding carboxylic acids is 2. The Morgan fingerprint density at radius 2 is 2.05 bits per heavy atom. The molecule has 0 radical (unpaired) electrons. The second-order valence-electron chi connectivity index (χ2n) is 4.54. The number of nitrogens with zero attached hydrogens (tertiary/aromatic N) is 1. The van der Waals surface area contributed by atoms with E-state index in [0.29, 0.717) is 18.0 Å². The number of nitrogens with one attached hydrogen (secondary N) is 1. The molecule has 1 unspecified atom stereocenters. The number of hydrogen-bond donors (Lipinski definition) is 1. The molecule has 0 aliphatic carbocycles. The van der Waals surface area contributed by atoms with Crippen LogP contribution in [0.1, 0.15) is 31.1 Å². The highest BCUT2D eigenvalue weighted by Crippen LogP contribution is 2.13. The first-order valence-corrected chi connectivity index (χ1v) is 6.47. The summed E-state index contributed by atoms with van der Waals surface area (Å²) in [6.07, 6.45) is 1.41. The van der Waals surface area contributed by atoms with Crippen molar-refractivity contribution in [3.63, 3.8) is 0 Å². The Morgan fingerprint density at radius 1 is 1.35 bits per heavy atom. The van der Waals surface area contributed by atoms with E-state index in [-0.39, 0.29) is 11.9 Å². The normalized spacial score (nSPS) is 11.8. The molecule has 1 atom stereocenters. The third kappa shape index (κ3) is 4.22. The van der Waals surface area contributed by atoms with E-state index in [4.69, 9.17) is 9.47 Å². The third-order valence-electron chi connectivity index (χ3n) is 2.70. The maximum atomic E-state index is 11.6. The van der Waals surface area contributed by atoms with Crippen LogP contribution < -0.4 is 5.32 Å². The highest BCUT2D eigenvalue weighted by atomic mass is 16.5. The lowest BCUT2D eigenvalue weighted by molar-refractivity contribution is -0.142. The molecule has 0 spiro atoms. The highest BCUT2D eigenvalue weighted by Gasteiger charge is 2.23. The predicted molar refractivity (Wildman–Crippen MR) is 74.5 cm³/mol. The predicted octanol–water partition coefficient (Wildman–Crippen LogP) is 1.87. The van der Waals surface area contributed by atoms with Gasteiger partial charge in [0.05, 0.1) is 19.3 Å². The number of hydrogen-bond acceptors (Lipinski definition) is 6. The van der Waals surface area contributed by atoms with E-state index in [9.17, 15) is 9.59 Å². The lowest BCUT2D eigenvalue weighted by Crippen LogP contribution is -2.35. The Labute approximate surface area is 118 Å². The zero-order valence-corrected chi connectivity index (χ0v) is 12.2. The average molecular weight is 280 g/mol. The van der Waals surface area contributed by atoms with Crippen LogP contribution in [0, 0.1) is 5.92 Å². The molecule has 1 aromatic rings. The zero-order chi connectivity index (χ0) is 15.1. The molecule has 6 heteroatoms. The van der Waals surface area contributed by atoms with E-state index in [2.05, 4.69) is 10.3 Å². The molecular weight excluding hydrogens is 260 g/mol. The first-order valence-electron chi connectivity index (χ1n) is 6.47. The third-order valence-corrected chi connectivity index (χ3v) is 2.70. The summed E-state index contributed by atoms with van der Waals surface area (Å²) >= 11 is 0. The second-order valence-corrected chi connectivity index (χ2v) is 4.54. The van der Waals surface area contributed by atoms with E-state index in [0.717, 1.165) is 0 Å². The van der Waals surface area contributed by atoms with Crippen LogP contribution in [0.3, 0.4) is 0 Å². The van der Waals surface area contributed by atoms with Crippen LogP contribution in [0.15, 0.2) is 18.3 Å². The van der Waals surface area contributed by atoms with E-state index in [1.807, 2.05) is 13.8 Å². The number of aromatic nitrogens is 1. The maximum Gasteiger partial charge on any atom is 0.339 e. The van der Waals surface area contributed by atoms with Crippen LogP contribution >= 0.6 is 0 Å². The molecule has 1 rings (SSSR count). The minimum atomic E-state index is -0.485. The van der Waals surface area contributed by atoms with Gasteiger partial charge in [0.15, 0.2) is 0 Å². The number of methoxy groups -OCH3 is 1. The van der Waals surface area contributed by atoms with Gasteiger partial charge >= 0.3 is 11.9 Å². The van der Waals surface area contributed by atoms with Gasteiger partial charge in [0.1, 0.15) is 11.9 Å². The minimum absolute atomic E-state index is 0.0500. The first-order chi connectivity index (χ1) is 9.49. The fourth-order valence-corrected chi connectivity index (χ4v) is 1.60. The molecule has 0 amide bonds. The molecule has 0 fully saturated rings. The van der Waals surface area contributed by atoms with Crippen molar-refractivity contribution < 1.29 is 19.1 Å². The van der Waals surface area contributed by atoms with Gasteiger partial charge in [-0.1, -0.05) is 13.8 Å². The molecule has 110 valence electrons. The van der Waals surface area contributed by atoms with Gasteiger partial charge in [0.25, 0.3) is 0 Å². The van der Waals surface area contributed by atoms with Crippen molar-refractivity contribution >= 4 is 17.8 Å². The molecule has 0 saturated carbocycles. The maximum absolute atomic E-state index is 11.6. The molecule has 0 saturated heterocycles. The summed E-state index contributed by atoms with van der Waals surface area (Å²) in [6, 6.07) is 2.74. The smallest absolute Gasteiger partial charge is 0.339 e. The molecule has 1 N–H and O–H groups in total. The molecule has 20 heavy (non-hydrogen) atoms. The Hall–Kier alpha value is -2.11. The van der Waals surface area contributed by atoms with Gasteiger partial charge in [0, 0.05) is 6.20 Å². The Morgan fingerprint density at radius 3 is 2.50 bits per heavy atom. The number of rotatable bonds is 6. The zero-order valence-electron chi connectivity index (χ0n) is 12.2. The van der Waals surface area contributed by atoms with Gasteiger partial charge in [-0.25, -0.2) is 14.6 Å². The molecule has 1 aromatic heterocycles. The topological polar surface area (TPSA) is 77.5 Å². The summed E-state index contributed by atoms with van der Waals surface area (Å²) < 4.78 is 9.61. The van der Waals surface area contributed by atoms with Crippen molar-refractivity contribution in [1.82, 2.24) is 4.98 Å². The van der Waals surface area contributed by atoms with Gasteiger partial charge < -0.3 is 14.8 Å². The van der Waals surface area contributed by atoms with E-state index in [1.54, 1.807) is 19.1 Å². The molecule has 1 heterocycles. The summed E-state index contributed by atoms with van der Waals surface area (Å²) in [5.74, 6) is -0.215. The number of carbonyl (C=O) groups is 2. The fraction of sp³-hybridized carbons (Fsp3) is 0.500. The number of anilines is 1. The second kappa shape index (κ2) is 7.47. The fourth-order valence-electron chi connectivity index (χ4n) is 1.60. The monoisotopic (exact) mass is 280 g/mol. The lowest BCUT2D eigenvalue weighted by Gasteiger charge is -2.20. The summed E-state index contributed by atoms with van der Waals surface area (Å²) in [5, 5.41) is 2.99. The van der Waals surface area contributed by atoms with Gasteiger partial charge in [0.2, 0.25) is 0 Å². The van der Waals surface area contributed by atoms with Gasteiger partial charge in [-0.3, -0.25) is 0 Å². The summed E-state index contributed by atoms with van der Waals surface area (Å²) in [5.41, 5.74) is 0.372. The van der Waals surface area contributed by atoms with E-state index < -0.39 is 12.0 Å². The van der Waals surface area contributed by atoms with Crippen molar-refractivity contribution in [2.45, 2.75) is 26.8 Å². The van der Waals surface area contributed by atoms with Crippen molar-refractivity contribution in [2.24, 2.45) is 5.92 Å². The quantitative estimate of drug-likeness (QED) is 0.801. The van der Waals surface area contributed by atoms with Gasteiger partial charge in [-0.05, 0) is 25.0 Å². The average Bonchev–Trinajstić information content (AvgIpc) is 2.44. The molecule has 0 aliphatic heterocycles. The highest BCUT2D eigenvalue weighted by molar-refractivity contribution is 5.89.